The molecule has 0 fully saturated rings. The molecule has 90 valence electrons. The van der Waals surface area contributed by atoms with Gasteiger partial charge in [-0.05, 0) is 11.3 Å². The lowest BCUT2D eigenvalue weighted by molar-refractivity contribution is 0.0920. The highest BCUT2D eigenvalue weighted by Gasteiger charge is 2.23. The second-order valence-corrected chi connectivity index (χ2v) is 5.03. The zero-order chi connectivity index (χ0) is 12.3. The van der Waals surface area contributed by atoms with Crippen molar-refractivity contribution in [3.8, 4) is 0 Å². The van der Waals surface area contributed by atoms with Gasteiger partial charge in [-0.2, -0.15) is 5.10 Å². The molecule has 1 amide bonds. The highest BCUT2D eigenvalue weighted by molar-refractivity contribution is 5.92. The number of nitrogens with one attached hydrogen (secondary N) is 2. The topological polar surface area (TPSA) is 83.8 Å². The number of carbonyl (C=O) groups is 1. The lowest BCUT2D eigenvalue weighted by atomic mass is 9.81. The molecule has 0 spiro atoms. The summed E-state index contributed by atoms with van der Waals surface area (Å²) in [5.74, 6) is 0.658. The summed E-state index contributed by atoms with van der Waals surface area (Å²) in [5, 5.41) is 9.16. The number of nitrogens with zero attached hydrogens (tertiary/aromatic N) is 1. The van der Waals surface area contributed by atoms with Crippen LogP contribution >= 0.6 is 0 Å². The molecule has 0 saturated carbocycles. The van der Waals surface area contributed by atoms with Crippen molar-refractivity contribution in [3.05, 3.63) is 11.8 Å². The minimum atomic E-state index is -0.169. The number of nitrogens with two attached hydrogens (primary N) is 1. The fraction of sp³-hybridized carbons (Fsp3) is 0.636. The Morgan fingerprint density at radius 1 is 1.62 bits per heavy atom. The smallest absolute Gasteiger partial charge is 0.269 e. The van der Waals surface area contributed by atoms with Crippen LogP contribution in [0.4, 0.5) is 5.82 Å². The fourth-order valence-electron chi connectivity index (χ4n) is 1.06. The van der Waals surface area contributed by atoms with E-state index in [1.54, 1.807) is 0 Å². The molecule has 0 bridgehead atoms. The summed E-state index contributed by atoms with van der Waals surface area (Å²) in [6.45, 7) is 9.15. The van der Waals surface area contributed by atoms with Crippen LogP contribution in [0, 0.1) is 11.3 Å². The van der Waals surface area contributed by atoms with Crippen molar-refractivity contribution in [3.63, 3.8) is 0 Å². The standard InChI is InChI=1S/C11H20N4O/c1-7(2)11(3,4)6-13-10(16)8-5-9(12)15-14-8/h5,7H,6H2,1-4H3,(H,13,16)(H3,12,14,15). The molecule has 1 rings (SSSR count). The quantitative estimate of drug-likeness (QED) is 0.723. The predicted molar refractivity (Wildman–Crippen MR) is 64.0 cm³/mol. The van der Waals surface area contributed by atoms with Gasteiger partial charge in [0.1, 0.15) is 11.5 Å². The summed E-state index contributed by atoms with van der Waals surface area (Å²) < 4.78 is 0. The Morgan fingerprint density at radius 3 is 2.69 bits per heavy atom. The van der Waals surface area contributed by atoms with Gasteiger partial charge >= 0.3 is 0 Å². The molecule has 1 heterocycles. The highest BCUT2D eigenvalue weighted by atomic mass is 16.1. The molecule has 0 saturated heterocycles. The summed E-state index contributed by atoms with van der Waals surface area (Å²) in [6, 6.07) is 1.53. The van der Waals surface area contributed by atoms with Crippen LogP contribution in [-0.2, 0) is 0 Å². The summed E-state index contributed by atoms with van der Waals surface area (Å²) in [7, 11) is 0. The van der Waals surface area contributed by atoms with E-state index in [2.05, 4.69) is 43.2 Å². The number of hydrogen-bond donors (Lipinski definition) is 3. The molecule has 4 N–H and O–H groups in total. The second kappa shape index (κ2) is 4.55. The Labute approximate surface area is 95.8 Å². The van der Waals surface area contributed by atoms with Gasteiger partial charge in [-0.1, -0.05) is 27.7 Å². The van der Waals surface area contributed by atoms with Crippen molar-refractivity contribution in [2.45, 2.75) is 27.7 Å². The van der Waals surface area contributed by atoms with Crippen molar-refractivity contribution >= 4 is 11.7 Å². The van der Waals surface area contributed by atoms with E-state index in [4.69, 9.17) is 5.73 Å². The van der Waals surface area contributed by atoms with Gasteiger partial charge in [0.05, 0.1) is 0 Å². The van der Waals surface area contributed by atoms with E-state index in [1.165, 1.54) is 6.07 Å². The zero-order valence-corrected chi connectivity index (χ0v) is 10.3. The molecule has 0 aliphatic heterocycles. The molecule has 16 heavy (non-hydrogen) atoms. The van der Waals surface area contributed by atoms with Crippen LogP contribution in [0.15, 0.2) is 6.07 Å². The number of carbonyl (C=O) groups excluding carboxylic acids is 1. The first-order chi connectivity index (χ1) is 7.33. The van der Waals surface area contributed by atoms with Crippen molar-refractivity contribution in [2.24, 2.45) is 11.3 Å². The maximum Gasteiger partial charge on any atom is 0.269 e. The largest absolute Gasteiger partial charge is 0.382 e. The van der Waals surface area contributed by atoms with E-state index in [1.807, 2.05) is 0 Å². The van der Waals surface area contributed by atoms with Gasteiger partial charge in [0.2, 0.25) is 0 Å². The third-order valence-electron chi connectivity index (χ3n) is 3.11. The number of amides is 1. The first-order valence-corrected chi connectivity index (χ1v) is 5.42. The molecule has 5 heteroatoms. The number of hydrogen-bond acceptors (Lipinski definition) is 3. The Bertz CT molecular complexity index is 368. The minimum Gasteiger partial charge on any atom is -0.382 e. The summed E-state index contributed by atoms with van der Waals surface area (Å²) in [5.41, 5.74) is 5.89. The minimum absolute atomic E-state index is 0.0707. The SMILES string of the molecule is CC(C)C(C)(C)CNC(=O)c1cc(N)n[nH]1. The first kappa shape index (κ1) is 12.5. The van der Waals surface area contributed by atoms with Crippen molar-refractivity contribution in [1.29, 1.82) is 0 Å². The van der Waals surface area contributed by atoms with Crippen LogP contribution in [-0.4, -0.2) is 22.6 Å². The van der Waals surface area contributed by atoms with E-state index in [0.717, 1.165) is 0 Å². The number of aromatic nitrogens is 2. The Balaban J connectivity index is 2.54. The van der Waals surface area contributed by atoms with Gasteiger partial charge in [0, 0.05) is 12.6 Å². The van der Waals surface area contributed by atoms with E-state index in [0.29, 0.717) is 24.0 Å². The molecular formula is C11H20N4O. The number of anilines is 1. The van der Waals surface area contributed by atoms with Crippen LogP contribution < -0.4 is 11.1 Å². The summed E-state index contributed by atoms with van der Waals surface area (Å²) in [4.78, 5) is 11.7. The van der Waals surface area contributed by atoms with E-state index in [-0.39, 0.29) is 11.3 Å². The normalized spacial score (nSPS) is 11.8. The molecule has 1 aromatic rings. The lowest BCUT2D eigenvalue weighted by Crippen LogP contribution is -2.37. The van der Waals surface area contributed by atoms with Crippen molar-refractivity contribution in [1.82, 2.24) is 15.5 Å². The predicted octanol–water partition coefficient (Wildman–Crippen LogP) is 1.40. The average Bonchev–Trinajstić information content (AvgIpc) is 2.61. The molecule has 1 aromatic heterocycles. The number of nitrogen functional groups attached to an aromatic ring is 1. The number of H-pyrrole nitrogens is 1. The van der Waals surface area contributed by atoms with E-state index in [9.17, 15) is 4.79 Å². The Morgan fingerprint density at radius 2 is 2.25 bits per heavy atom. The number of aromatic amines is 1. The second-order valence-electron chi connectivity index (χ2n) is 5.03. The van der Waals surface area contributed by atoms with Crippen LogP contribution in [0.25, 0.3) is 0 Å². The monoisotopic (exact) mass is 224 g/mol. The third kappa shape index (κ3) is 2.98. The van der Waals surface area contributed by atoms with Gasteiger partial charge in [0.15, 0.2) is 0 Å². The molecule has 0 aliphatic rings. The molecule has 0 atom stereocenters. The maximum atomic E-state index is 11.7. The van der Waals surface area contributed by atoms with Crippen LogP contribution in [0.3, 0.4) is 0 Å². The van der Waals surface area contributed by atoms with Crippen LogP contribution in [0.2, 0.25) is 0 Å². The highest BCUT2D eigenvalue weighted by Crippen LogP contribution is 2.24. The molecular weight excluding hydrogens is 204 g/mol. The Hall–Kier alpha value is -1.52. The molecule has 0 unspecified atom stereocenters. The van der Waals surface area contributed by atoms with Gasteiger partial charge in [0.25, 0.3) is 5.91 Å². The molecule has 0 radical (unpaired) electrons. The average molecular weight is 224 g/mol. The van der Waals surface area contributed by atoms with Crippen LogP contribution in [0.5, 0.6) is 0 Å². The van der Waals surface area contributed by atoms with E-state index < -0.39 is 0 Å². The van der Waals surface area contributed by atoms with Crippen molar-refractivity contribution < 1.29 is 4.79 Å². The van der Waals surface area contributed by atoms with Gasteiger partial charge in [-0.3, -0.25) is 9.89 Å². The molecule has 0 aromatic carbocycles. The third-order valence-corrected chi connectivity index (χ3v) is 3.11. The van der Waals surface area contributed by atoms with Gasteiger partial charge in [-0.25, -0.2) is 0 Å². The zero-order valence-electron chi connectivity index (χ0n) is 10.3. The number of rotatable bonds is 4. The van der Waals surface area contributed by atoms with Crippen molar-refractivity contribution in [2.75, 3.05) is 12.3 Å². The molecule has 0 aliphatic carbocycles. The van der Waals surface area contributed by atoms with Gasteiger partial charge < -0.3 is 11.1 Å². The summed E-state index contributed by atoms with van der Waals surface area (Å²) in [6.07, 6.45) is 0. The Kier molecular flexibility index (Phi) is 3.57. The van der Waals surface area contributed by atoms with Crippen LogP contribution in [0.1, 0.15) is 38.2 Å². The molecule has 5 nitrogen and oxygen atoms in total. The summed E-state index contributed by atoms with van der Waals surface area (Å²) >= 11 is 0. The van der Waals surface area contributed by atoms with Gasteiger partial charge in [-0.15, -0.1) is 0 Å². The fourth-order valence-corrected chi connectivity index (χ4v) is 1.06. The lowest BCUT2D eigenvalue weighted by Gasteiger charge is -2.29. The first-order valence-electron chi connectivity index (χ1n) is 5.42. The maximum absolute atomic E-state index is 11.7. The van der Waals surface area contributed by atoms with E-state index >= 15 is 0 Å².